The minimum absolute atomic E-state index is 0.166. The first-order valence-corrected chi connectivity index (χ1v) is 11.0. The van der Waals surface area contributed by atoms with Gasteiger partial charge in [0.2, 0.25) is 0 Å². The summed E-state index contributed by atoms with van der Waals surface area (Å²) in [5.74, 6) is 0.567. The molecule has 2 aromatic carbocycles. The molecular formula is C25H23ClN4O2. The largest absolute Gasteiger partial charge is 0.378 e. The maximum atomic E-state index is 12.8. The molecule has 5 rings (SSSR count). The summed E-state index contributed by atoms with van der Waals surface area (Å²) < 4.78 is 5.40. The summed E-state index contributed by atoms with van der Waals surface area (Å²) in [7, 11) is 0. The zero-order valence-corrected chi connectivity index (χ0v) is 18.5. The number of aryl methyl sites for hydroxylation is 1. The van der Waals surface area contributed by atoms with E-state index in [9.17, 15) is 4.79 Å². The van der Waals surface area contributed by atoms with Crippen LogP contribution < -0.4 is 10.2 Å². The van der Waals surface area contributed by atoms with Gasteiger partial charge in [0.15, 0.2) is 5.82 Å². The second kappa shape index (κ2) is 8.73. The molecule has 0 atom stereocenters. The smallest absolute Gasteiger partial charge is 0.255 e. The van der Waals surface area contributed by atoms with Crippen molar-refractivity contribution < 1.29 is 9.53 Å². The van der Waals surface area contributed by atoms with Crippen molar-refractivity contribution in [2.24, 2.45) is 4.99 Å². The Balaban J connectivity index is 1.31. The van der Waals surface area contributed by atoms with Crippen LogP contribution in [0.5, 0.6) is 0 Å². The number of carbonyl (C=O) groups excluding carboxylic acids is 1. The number of amides is 1. The van der Waals surface area contributed by atoms with E-state index in [4.69, 9.17) is 16.3 Å². The predicted octanol–water partition coefficient (Wildman–Crippen LogP) is 4.81. The Labute approximate surface area is 191 Å². The van der Waals surface area contributed by atoms with E-state index in [-0.39, 0.29) is 5.91 Å². The van der Waals surface area contributed by atoms with Gasteiger partial charge in [0, 0.05) is 58.8 Å². The molecule has 0 spiro atoms. The fraction of sp³-hybridized carbons (Fsp3) is 0.240. The van der Waals surface area contributed by atoms with Crippen LogP contribution in [0.3, 0.4) is 0 Å². The quantitative estimate of drug-likeness (QED) is 0.624. The van der Waals surface area contributed by atoms with Crippen LogP contribution in [0.1, 0.15) is 27.0 Å². The zero-order valence-electron chi connectivity index (χ0n) is 17.8. The van der Waals surface area contributed by atoms with Crippen LogP contribution in [-0.4, -0.2) is 42.9 Å². The summed E-state index contributed by atoms with van der Waals surface area (Å²) in [5, 5.41) is 3.58. The van der Waals surface area contributed by atoms with Crippen LogP contribution in [0.15, 0.2) is 59.7 Å². The molecule has 1 amide bonds. The van der Waals surface area contributed by atoms with Gasteiger partial charge in [-0.05, 0) is 55.0 Å². The third kappa shape index (κ3) is 4.24. The number of halogens is 1. The first kappa shape index (κ1) is 20.7. The maximum absolute atomic E-state index is 12.8. The third-order valence-electron chi connectivity index (χ3n) is 5.72. The number of ether oxygens (including phenoxy) is 1. The Morgan fingerprint density at radius 1 is 1.09 bits per heavy atom. The number of carbonyl (C=O) groups is 1. The van der Waals surface area contributed by atoms with Crippen LogP contribution in [0.25, 0.3) is 0 Å². The normalized spacial score (nSPS) is 15.3. The van der Waals surface area contributed by atoms with Gasteiger partial charge in [-0.25, -0.2) is 9.98 Å². The van der Waals surface area contributed by atoms with E-state index in [0.717, 1.165) is 60.2 Å². The summed E-state index contributed by atoms with van der Waals surface area (Å²) in [6.45, 7) is 5.20. The van der Waals surface area contributed by atoms with Gasteiger partial charge in [-0.3, -0.25) is 4.79 Å². The highest BCUT2D eigenvalue weighted by Gasteiger charge is 2.20. The summed E-state index contributed by atoms with van der Waals surface area (Å²) in [4.78, 5) is 24.1. The number of hydrogen-bond donors (Lipinski definition) is 1. The van der Waals surface area contributed by atoms with E-state index in [2.05, 4.69) is 26.3 Å². The molecule has 0 radical (unpaired) electrons. The van der Waals surface area contributed by atoms with Crippen molar-refractivity contribution in [3.8, 4) is 0 Å². The number of aliphatic imine (C=N–C) groups is 1. The first-order chi connectivity index (χ1) is 15.6. The summed E-state index contributed by atoms with van der Waals surface area (Å²) in [6.07, 6.45) is 2.48. The zero-order chi connectivity index (χ0) is 22.1. The minimum atomic E-state index is -0.166. The van der Waals surface area contributed by atoms with E-state index < -0.39 is 0 Å². The number of nitrogens with one attached hydrogen (secondary N) is 1. The van der Waals surface area contributed by atoms with Crippen molar-refractivity contribution in [1.82, 2.24) is 4.98 Å². The van der Waals surface area contributed by atoms with Crippen LogP contribution in [0.4, 0.5) is 17.2 Å². The first-order valence-electron chi connectivity index (χ1n) is 10.6. The molecular weight excluding hydrogens is 424 g/mol. The minimum Gasteiger partial charge on any atom is -0.378 e. The molecule has 1 N–H and O–H groups in total. The van der Waals surface area contributed by atoms with Gasteiger partial charge in [-0.15, -0.1) is 0 Å². The highest BCUT2D eigenvalue weighted by molar-refractivity contribution is 6.34. The van der Waals surface area contributed by atoms with Gasteiger partial charge in [0.05, 0.1) is 18.9 Å². The second-order valence-corrected chi connectivity index (χ2v) is 8.43. The number of anilines is 2. The van der Waals surface area contributed by atoms with Crippen LogP contribution in [0, 0.1) is 6.92 Å². The van der Waals surface area contributed by atoms with Crippen molar-refractivity contribution in [1.29, 1.82) is 0 Å². The fourth-order valence-electron chi connectivity index (χ4n) is 4.03. The highest BCUT2D eigenvalue weighted by Crippen LogP contribution is 2.31. The van der Waals surface area contributed by atoms with E-state index >= 15 is 0 Å². The van der Waals surface area contributed by atoms with Crippen LogP contribution in [0.2, 0.25) is 5.02 Å². The Morgan fingerprint density at radius 2 is 1.88 bits per heavy atom. The molecule has 7 heteroatoms. The second-order valence-electron chi connectivity index (χ2n) is 8.03. The molecule has 1 aromatic heterocycles. The number of benzene rings is 2. The van der Waals surface area contributed by atoms with Crippen molar-refractivity contribution in [2.45, 2.75) is 13.3 Å². The Kier molecular flexibility index (Phi) is 5.64. The number of hydrogen-bond acceptors (Lipinski definition) is 5. The SMILES string of the molecule is Cc1cnc2c(c1)CC(c1cc(NC(=O)c3ccc(N4CCOCC4)cc3)ccc1Cl)=N2. The molecule has 2 aliphatic heterocycles. The number of morpholine rings is 1. The molecule has 0 unspecified atom stereocenters. The van der Waals surface area contributed by atoms with E-state index in [1.807, 2.05) is 43.5 Å². The van der Waals surface area contributed by atoms with Crippen LogP contribution >= 0.6 is 11.6 Å². The molecule has 6 nitrogen and oxygen atoms in total. The Bertz CT molecular complexity index is 1200. The molecule has 32 heavy (non-hydrogen) atoms. The topological polar surface area (TPSA) is 66.8 Å². The summed E-state index contributed by atoms with van der Waals surface area (Å²) in [5.41, 5.74) is 6.23. The van der Waals surface area contributed by atoms with Crippen molar-refractivity contribution >= 4 is 40.4 Å². The molecule has 162 valence electrons. The molecule has 1 fully saturated rings. The number of rotatable bonds is 4. The fourth-order valence-corrected chi connectivity index (χ4v) is 4.26. The Hall–Kier alpha value is -3.22. The average molecular weight is 447 g/mol. The number of fused-ring (bicyclic) bond motifs is 1. The van der Waals surface area contributed by atoms with Gasteiger partial charge >= 0.3 is 0 Å². The summed E-state index contributed by atoms with van der Waals surface area (Å²) in [6, 6.07) is 15.2. The lowest BCUT2D eigenvalue weighted by atomic mass is 10.0. The molecule has 3 aromatic rings. The standard InChI is InChI=1S/C25H23ClN4O2/c1-16-12-18-13-23(29-24(18)27-15-16)21-14-19(4-7-22(21)26)28-25(31)17-2-5-20(6-3-17)30-8-10-32-11-9-30/h2-7,12,14-15H,8-11,13H2,1H3,(H,28,31). The number of pyridine rings is 1. The monoisotopic (exact) mass is 446 g/mol. The number of aromatic nitrogens is 1. The van der Waals surface area contributed by atoms with Crippen LogP contribution in [-0.2, 0) is 11.2 Å². The lowest BCUT2D eigenvalue weighted by Gasteiger charge is -2.28. The Morgan fingerprint density at radius 3 is 2.66 bits per heavy atom. The molecule has 2 aliphatic rings. The van der Waals surface area contributed by atoms with Gasteiger partial charge in [-0.2, -0.15) is 0 Å². The third-order valence-corrected chi connectivity index (χ3v) is 6.05. The molecule has 3 heterocycles. The maximum Gasteiger partial charge on any atom is 0.255 e. The molecule has 0 saturated carbocycles. The van der Waals surface area contributed by atoms with Crippen molar-refractivity contribution in [2.75, 3.05) is 36.5 Å². The van der Waals surface area contributed by atoms with Crippen molar-refractivity contribution in [3.05, 3.63) is 82.0 Å². The molecule has 0 aliphatic carbocycles. The average Bonchev–Trinajstić information content (AvgIpc) is 3.24. The highest BCUT2D eigenvalue weighted by atomic mass is 35.5. The molecule has 0 bridgehead atoms. The molecule has 1 saturated heterocycles. The van der Waals surface area contributed by atoms with Gasteiger partial charge in [0.1, 0.15) is 0 Å². The van der Waals surface area contributed by atoms with Gasteiger partial charge in [-0.1, -0.05) is 17.7 Å². The van der Waals surface area contributed by atoms with Gasteiger partial charge in [0.25, 0.3) is 5.91 Å². The predicted molar refractivity (Wildman–Crippen MR) is 128 cm³/mol. The number of nitrogens with zero attached hydrogens (tertiary/aromatic N) is 3. The van der Waals surface area contributed by atoms with E-state index in [0.29, 0.717) is 22.7 Å². The lowest BCUT2D eigenvalue weighted by molar-refractivity contribution is 0.102. The summed E-state index contributed by atoms with van der Waals surface area (Å²) >= 11 is 6.47. The van der Waals surface area contributed by atoms with Crippen molar-refractivity contribution in [3.63, 3.8) is 0 Å². The van der Waals surface area contributed by atoms with Gasteiger partial charge < -0.3 is 15.0 Å². The van der Waals surface area contributed by atoms with E-state index in [1.165, 1.54) is 0 Å². The lowest BCUT2D eigenvalue weighted by Crippen LogP contribution is -2.36. The van der Waals surface area contributed by atoms with E-state index in [1.54, 1.807) is 12.1 Å².